The van der Waals surface area contributed by atoms with E-state index in [4.69, 9.17) is 4.74 Å². The fourth-order valence-corrected chi connectivity index (χ4v) is 2.31. The quantitative estimate of drug-likeness (QED) is 0.714. The summed E-state index contributed by atoms with van der Waals surface area (Å²) in [6.07, 6.45) is 1.87. The molecule has 0 saturated carbocycles. The number of hydrogen-bond acceptors (Lipinski definition) is 3. The van der Waals surface area contributed by atoms with Crippen molar-refractivity contribution in [2.45, 2.75) is 52.2 Å². The predicted molar refractivity (Wildman–Crippen MR) is 61.0 cm³/mol. The number of carbonyl (C=O) groups excluding carboxylic acids is 1. The van der Waals surface area contributed by atoms with Gasteiger partial charge in [-0.3, -0.25) is 9.69 Å². The Morgan fingerprint density at radius 2 is 2.20 bits per heavy atom. The molecule has 1 aliphatic heterocycles. The first-order valence-electron chi connectivity index (χ1n) is 5.85. The van der Waals surface area contributed by atoms with Crippen molar-refractivity contribution in [1.29, 1.82) is 0 Å². The summed E-state index contributed by atoms with van der Waals surface area (Å²) in [4.78, 5) is 13.8. The Morgan fingerprint density at radius 3 is 2.73 bits per heavy atom. The monoisotopic (exact) mass is 213 g/mol. The first-order chi connectivity index (χ1) is 6.93. The van der Waals surface area contributed by atoms with Crippen LogP contribution in [0.1, 0.15) is 40.5 Å². The number of Topliss-reactive ketones (excluding diaryl/α,β-unsaturated/α-hetero) is 1. The van der Waals surface area contributed by atoms with Gasteiger partial charge in [0.2, 0.25) is 0 Å². The van der Waals surface area contributed by atoms with E-state index < -0.39 is 0 Å². The van der Waals surface area contributed by atoms with E-state index in [0.29, 0.717) is 18.7 Å². The fourth-order valence-electron chi connectivity index (χ4n) is 2.31. The van der Waals surface area contributed by atoms with Crippen LogP contribution < -0.4 is 0 Å². The van der Waals surface area contributed by atoms with Crippen LogP contribution in [0.2, 0.25) is 0 Å². The smallest absolute Gasteiger partial charge is 0.146 e. The molecule has 1 aliphatic rings. The molecule has 1 atom stereocenters. The van der Waals surface area contributed by atoms with E-state index in [9.17, 15) is 4.79 Å². The number of ether oxygens (including phenoxy) is 1. The third kappa shape index (κ3) is 4.31. The zero-order valence-electron chi connectivity index (χ0n) is 10.4. The molecule has 3 heteroatoms. The molecule has 0 N–H and O–H groups in total. The van der Waals surface area contributed by atoms with Gasteiger partial charge < -0.3 is 4.74 Å². The third-order valence-corrected chi connectivity index (χ3v) is 2.57. The van der Waals surface area contributed by atoms with Crippen molar-refractivity contribution in [2.75, 3.05) is 19.6 Å². The molecule has 3 nitrogen and oxygen atoms in total. The number of morpholine rings is 1. The molecule has 0 aliphatic carbocycles. The summed E-state index contributed by atoms with van der Waals surface area (Å²) in [7, 11) is 0. The van der Waals surface area contributed by atoms with Crippen molar-refractivity contribution in [2.24, 2.45) is 0 Å². The maximum Gasteiger partial charge on any atom is 0.146 e. The average Bonchev–Trinajstić information content (AvgIpc) is 1.99. The van der Waals surface area contributed by atoms with Crippen molar-refractivity contribution in [3.05, 3.63) is 0 Å². The molecule has 88 valence electrons. The van der Waals surface area contributed by atoms with Crippen LogP contribution in [0.15, 0.2) is 0 Å². The molecule has 1 unspecified atom stereocenters. The largest absolute Gasteiger partial charge is 0.370 e. The maximum atomic E-state index is 11.5. The standard InChI is InChI=1S/C12H23NO2/c1-5-6-11(14)8-13-7-10(2)15-12(3,4)9-13/h10H,5-9H2,1-4H3. The van der Waals surface area contributed by atoms with Gasteiger partial charge in [0.1, 0.15) is 5.78 Å². The van der Waals surface area contributed by atoms with E-state index in [2.05, 4.69) is 25.7 Å². The summed E-state index contributed by atoms with van der Waals surface area (Å²) < 4.78 is 5.79. The summed E-state index contributed by atoms with van der Waals surface area (Å²) in [6, 6.07) is 0. The van der Waals surface area contributed by atoms with E-state index in [-0.39, 0.29) is 11.7 Å². The molecule has 0 aromatic rings. The molecule has 0 aromatic carbocycles. The Kier molecular flexibility index (Phi) is 4.29. The molecular weight excluding hydrogens is 190 g/mol. The molecule has 0 spiro atoms. The summed E-state index contributed by atoms with van der Waals surface area (Å²) in [5, 5.41) is 0. The van der Waals surface area contributed by atoms with E-state index in [1.54, 1.807) is 0 Å². The van der Waals surface area contributed by atoms with Gasteiger partial charge in [0.15, 0.2) is 0 Å². The van der Waals surface area contributed by atoms with Crippen LogP contribution in [0.4, 0.5) is 0 Å². The molecule has 1 heterocycles. The van der Waals surface area contributed by atoms with Gasteiger partial charge in [-0.05, 0) is 27.2 Å². The van der Waals surface area contributed by atoms with Gasteiger partial charge in [-0.25, -0.2) is 0 Å². The summed E-state index contributed by atoms with van der Waals surface area (Å²) in [5.41, 5.74) is -0.121. The van der Waals surface area contributed by atoms with Gasteiger partial charge in [-0.1, -0.05) is 6.92 Å². The predicted octanol–water partition coefficient (Wildman–Crippen LogP) is 1.85. The molecule has 1 rings (SSSR count). The number of nitrogens with zero attached hydrogens (tertiary/aromatic N) is 1. The Balaban J connectivity index is 2.45. The molecule has 0 bridgehead atoms. The highest BCUT2D eigenvalue weighted by atomic mass is 16.5. The summed E-state index contributed by atoms with van der Waals surface area (Å²) >= 11 is 0. The van der Waals surface area contributed by atoms with E-state index in [0.717, 1.165) is 19.5 Å². The molecule has 0 amide bonds. The molecule has 1 saturated heterocycles. The van der Waals surface area contributed by atoms with Crippen molar-refractivity contribution >= 4 is 5.78 Å². The van der Waals surface area contributed by atoms with Gasteiger partial charge >= 0.3 is 0 Å². The van der Waals surface area contributed by atoms with Crippen LogP contribution in [-0.2, 0) is 9.53 Å². The lowest BCUT2D eigenvalue weighted by molar-refractivity contribution is -0.138. The van der Waals surface area contributed by atoms with E-state index >= 15 is 0 Å². The highest BCUT2D eigenvalue weighted by Crippen LogP contribution is 2.20. The van der Waals surface area contributed by atoms with Crippen molar-refractivity contribution in [3.63, 3.8) is 0 Å². The lowest BCUT2D eigenvalue weighted by Gasteiger charge is -2.41. The number of ketones is 1. The lowest BCUT2D eigenvalue weighted by Crippen LogP contribution is -2.53. The second-order valence-corrected chi connectivity index (χ2v) is 5.15. The number of carbonyl (C=O) groups is 1. The highest BCUT2D eigenvalue weighted by molar-refractivity contribution is 5.80. The number of rotatable bonds is 4. The van der Waals surface area contributed by atoms with Crippen molar-refractivity contribution < 1.29 is 9.53 Å². The SMILES string of the molecule is CCCC(=O)CN1CC(C)OC(C)(C)C1. The van der Waals surface area contributed by atoms with Crippen LogP contribution in [0, 0.1) is 0 Å². The van der Waals surface area contributed by atoms with Gasteiger partial charge in [0.05, 0.1) is 18.2 Å². The number of hydrogen-bond donors (Lipinski definition) is 0. The third-order valence-electron chi connectivity index (χ3n) is 2.57. The minimum Gasteiger partial charge on any atom is -0.370 e. The zero-order valence-corrected chi connectivity index (χ0v) is 10.4. The first-order valence-corrected chi connectivity index (χ1v) is 5.85. The van der Waals surface area contributed by atoms with Crippen LogP contribution in [0.25, 0.3) is 0 Å². The topological polar surface area (TPSA) is 29.5 Å². The second-order valence-electron chi connectivity index (χ2n) is 5.15. The lowest BCUT2D eigenvalue weighted by atomic mass is 10.0. The van der Waals surface area contributed by atoms with Crippen LogP contribution in [0.5, 0.6) is 0 Å². The molecule has 0 radical (unpaired) electrons. The van der Waals surface area contributed by atoms with Crippen LogP contribution in [-0.4, -0.2) is 42.0 Å². The minimum absolute atomic E-state index is 0.121. The Hall–Kier alpha value is -0.410. The fraction of sp³-hybridized carbons (Fsp3) is 0.917. The normalized spacial score (nSPS) is 26.5. The molecule has 15 heavy (non-hydrogen) atoms. The molecular formula is C12H23NO2. The van der Waals surface area contributed by atoms with Gasteiger partial charge in [0, 0.05) is 19.5 Å². The summed E-state index contributed by atoms with van der Waals surface area (Å²) in [5.74, 6) is 0.349. The van der Waals surface area contributed by atoms with E-state index in [1.165, 1.54) is 0 Å². The van der Waals surface area contributed by atoms with Gasteiger partial charge in [-0.2, -0.15) is 0 Å². The average molecular weight is 213 g/mol. The van der Waals surface area contributed by atoms with E-state index in [1.807, 2.05) is 6.92 Å². The maximum absolute atomic E-state index is 11.5. The minimum atomic E-state index is -0.121. The highest BCUT2D eigenvalue weighted by Gasteiger charge is 2.31. The summed E-state index contributed by atoms with van der Waals surface area (Å²) in [6.45, 7) is 10.6. The second kappa shape index (κ2) is 5.08. The van der Waals surface area contributed by atoms with Crippen LogP contribution >= 0.6 is 0 Å². The van der Waals surface area contributed by atoms with Gasteiger partial charge in [0.25, 0.3) is 0 Å². The van der Waals surface area contributed by atoms with Crippen molar-refractivity contribution in [1.82, 2.24) is 4.90 Å². The molecule has 0 aromatic heterocycles. The Morgan fingerprint density at radius 1 is 1.53 bits per heavy atom. The Labute approximate surface area is 92.8 Å². The van der Waals surface area contributed by atoms with Gasteiger partial charge in [-0.15, -0.1) is 0 Å². The van der Waals surface area contributed by atoms with Crippen LogP contribution in [0.3, 0.4) is 0 Å². The Bertz CT molecular complexity index is 226. The zero-order chi connectivity index (χ0) is 11.5. The van der Waals surface area contributed by atoms with Crippen molar-refractivity contribution in [3.8, 4) is 0 Å². The molecule has 1 fully saturated rings. The first kappa shape index (κ1) is 12.7.